The summed E-state index contributed by atoms with van der Waals surface area (Å²) in [5, 5.41) is 3.51. The van der Waals surface area contributed by atoms with Crippen LogP contribution in [0.5, 0.6) is 5.75 Å². The number of nitrogens with one attached hydrogen (secondary N) is 1. The number of halogens is 4. The van der Waals surface area contributed by atoms with Crippen molar-refractivity contribution in [1.82, 2.24) is 5.32 Å². The predicted molar refractivity (Wildman–Crippen MR) is 71.3 cm³/mol. The molecular formula is C13H17ClF3NO2. The number of ether oxygens (including phenoxy) is 2. The lowest BCUT2D eigenvalue weighted by Gasteiger charge is -2.20. The Kier molecular flexibility index (Phi) is 6.58. The van der Waals surface area contributed by atoms with Crippen molar-refractivity contribution in [2.45, 2.75) is 19.1 Å². The number of hydrogen-bond donors (Lipinski definition) is 1. The Balaban J connectivity index is 2.74. The maximum absolute atomic E-state index is 12.1. The standard InChI is InChI=1S/C13H17ClF3NO2/c1-3-18-11(7-20-8-13(15,16)17)9-4-5-10(14)12(6-9)19-2/h4-6,11,18H,3,7-8H2,1-2H3. The molecule has 20 heavy (non-hydrogen) atoms. The van der Waals surface area contributed by atoms with Crippen molar-refractivity contribution in [3.63, 3.8) is 0 Å². The van der Waals surface area contributed by atoms with E-state index in [-0.39, 0.29) is 12.6 Å². The summed E-state index contributed by atoms with van der Waals surface area (Å²) in [4.78, 5) is 0. The largest absolute Gasteiger partial charge is 0.495 e. The van der Waals surface area contributed by atoms with Crippen LogP contribution in [0.4, 0.5) is 13.2 Å². The van der Waals surface area contributed by atoms with E-state index in [2.05, 4.69) is 5.32 Å². The molecule has 114 valence electrons. The Labute approximate surface area is 121 Å². The first-order chi connectivity index (χ1) is 9.37. The minimum absolute atomic E-state index is 0.0852. The molecule has 1 aromatic rings. The van der Waals surface area contributed by atoms with Crippen LogP contribution in [0.2, 0.25) is 5.02 Å². The molecule has 0 heterocycles. The van der Waals surface area contributed by atoms with Gasteiger partial charge in [-0.2, -0.15) is 13.2 Å². The van der Waals surface area contributed by atoms with Gasteiger partial charge >= 0.3 is 6.18 Å². The van der Waals surface area contributed by atoms with Crippen molar-refractivity contribution >= 4 is 11.6 Å². The molecular weight excluding hydrogens is 295 g/mol. The molecule has 0 aromatic heterocycles. The number of alkyl halides is 3. The second-order valence-electron chi connectivity index (χ2n) is 4.13. The summed E-state index contributed by atoms with van der Waals surface area (Å²) in [7, 11) is 1.48. The fraction of sp³-hybridized carbons (Fsp3) is 0.538. The molecule has 1 atom stereocenters. The molecule has 3 nitrogen and oxygen atoms in total. The van der Waals surface area contributed by atoms with Gasteiger partial charge in [-0.1, -0.05) is 24.6 Å². The summed E-state index contributed by atoms with van der Waals surface area (Å²) >= 11 is 5.92. The summed E-state index contributed by atoms with van der Waals surface area (Å²) in [5.41, 5.74) is 0.760. The van der Waals surface area contributed by atoms with Crippen LogP contribution in [0.3, 0.4) is 0 Å². The van der Waals surface area contributed by atoms with Crippen molar-refractivity contribution in [3.05, 3.63) is 28.8 Å². The van der Waals surface area contributed by atoms with Crippen molar-refractivity contribution in [1.29, 1.82) is 0 Å². The van der Waals surface area contributed by atoms with Crippen LogP contribution < -0.4 is 10.1 Å². The van der Waals surface area contributed by atoms with Gasteiger partial charge in [0.1, 0.15) is 12.4 Å². The van der Waals surface area contributed by atoms with E-state index in [9.17, 15) is 13.2 Å². The molecule has 0 fully saturated rings. The molecule has 0 aliphatic carbocycles. The number of likely N-dealkylation sites (N-methyl/N-ethyl adjacent to an activating group) is 1. The summed E-state index contributed by atoms with van der Waals surface area (Å²) < 4.78 is 46.1. The minimum atomic E-state index is -4.32. The van der Waals surface area contributed by atoms with Gasteiger partial charge in [-0.05, 0) is 24.2 Å². The molecule has 1 N–H and O–H groups in total. The van der Waals surface area contributed by atoms with Crippen LogP contribution in [0, 0.1) is 0 Å². The van der Waals surface area contributed by atoms with Gasteiger partial charge in [0.15, 0.2) is 0 Å². The zero-order valence-corrected chi connectivity index (χ0v) is 12.0. The minimum Gasteiger partial charge on any atom is -0.495 e. The first kappa shape index (κ1) is 17.1. The Morgan fingerprint density at radius 2 is 2.05 bits per heavy atom. The van der Waals surface area contributed by atoms with E-state index in [0.29, 0.717) is 17.3 Å². The summed E-state index contributed by atoms with van der Waals surface area (Å²) in [5.74, 6) is 0.475. The van der Waals surface area contributed by atoms with Crippen LogP contribution in [-0.4, -0.2) is 33.0 Å². The fourth-order valence-corrected chi connectivity index (χ4v) is 1.90. The Morgan fingerprint density at radius 3 is 2.60 bits per heavy atom. The van der Waals surface area contributed by atoms with Crippen LogP contribution in [0.15, 0.2) is 18.2 Å². The highest BCUT2D eigenvalue weighted by Gasteiger charge is 2.28. The smallest absolute Gasteiger partial charge is 0.411 e. The average molecular weight is 312 g/mol. The highest BCUT2D eigenvalue weighted by molar-refractivity contribution is 6.32. The maximum atomic E-state index is 12.1. The fourth-order valence-electron chi connectivity index (χ4n) is 1.71. The third-order valence-corrected chi connectivity index (χ3v) is 2.89. The number of hydrogen-bond acceptors (Lipinski definition) is 3. The Morgan fingerprint density at radius 1 is 1.35 bits per heavy atom. The van der Waals surface area contributed by atoms with Gasteiger partial charge in [0, 0.05) is 0 Å². The number of benzene rings is 1. The van der Waals surface area contributed by atoms with Crippen LogP contribution in [0.1, 0.15) is 18.5 Å². The van der Waals surface area contributed by atoms with E-state index in [0.717, 1.165) is 5.56 Å². The second-order valence-corrected chi connectivity index (χ2v) is 4.54. The molecule has 0 bridgehead atoms. The molecule has 0 aliphatic heterocycles. The number of rotatable bonds is 7. The van der Waals surface area contributed by atoms with Gasteiger partial charge in [0.2, 0.25) is 0 Å². The quantitative estimate of drug-likeness (QED) is 0.835. The van der Waals surface area contributed by atoms with E-state index < -0.39 is 12.8 Å². The molecule has 0 amide bonds. The van der Waals surface area contributed by atoms with Gasteiger partial charge in [-0.3, -0.25) is 0 Å². The predicted octanol–water partition coefficient (Wildman–Crippen LogP) is 3.58. The lowest BCUT2D eigenvalue weighted by Crippen LogP contribution is -2.28. The monoisotopic (exact) mass is 311 g/mol. The molecule has 1 unspecified atom stereocenters. The van der Waals surface area contributed by atoms with Crippen LogP contribution in [-0.2, 0) is 4.74 Å². The van der Waals surface area contributed by atoms with Gasteiger partial charge in [0.25, 0.3) is 0 Å². The lowest BCUT2D eigenvalue weighted by atomic mass is 10.1. The highest BCUT2D eigenvalue weighted by Crippen LogP contribution is 2.28. The molecule has 0 saturated heterocycles. The second kappa shape index (κ2) is 7.71. The zero-order chi connectivity index (χ0) is 15.2. The molecule has 0 spiro atoms. The van der Waals surface area contributed by atoms with E-state index in [4.69, 9.17) is 21.1 Å². The third kappa shape index (κ3) is 5.56. The van der Waals surface area contributed by atoms with E-state index >= 15 is 0 Å². The van der Waals surface area contributed by atoms with E-state index in [1.165, 1.54) is 7.11 Å². The van der Waals surface area contributed by atoms with E-state index in [1.54, 1.807) is 18.2 Å². The summed E-state index contributed by atoms with van der Waals surface area (Å²) in [6.07, 6.45) is -4.32. The molecule has 7 heteroatoms. The first-order valence-electron chi connectivity index (χ1n) is 6.08. The zero-order valence-electron chi connectivity index (χ0n) is 11.3. The van der Waals surface area contributed by atoms with Gasteiger partial charge in [-0.25, -0.2) is 0 Å². The number of methoxy groups -OCH3 is 1. The lowest BCUT2D eigenvalue weighted by molar-refractivity contribution is -0.175. The molecule has 0 aliphatic rings. The molecule has 1 aromatic carbocycles. The first-order valence-corrected chi connectivity index (χ1v) is 6.46. The van der Waals surface area contributed by atoms with Crippen molar-refractivity contribution in [3.8, 4) is 5.75 Å². The normalized spacial score (nSPS) is 13.3. The topological polar surface area (TPSA) is 30.5 Å². The maximum Gasteiger partial charge on any atom is 0.411 e. The van der Waals surface area contributed by atoms with Crippen LogP contribution >= 0.6 is 11.6 Å². The van der Waals surface area contributed by atoms with Crippen molar-refractivity contribution in [2.75, 3.05) is 26.9 Å². The van der Waals surface area contributed by atoms with Gasteiger partial charge in [-0.15, -0.1) is 0 Å². The molecule has 0 saturated carbocycles. The average Bonchev–Trinajstić information content (AvgIpc) is 2.37. The molecule has 0 radical (unpaired) electrons. The SMILES string of the molecule is CCNC(COCC(F)(F)F)c1ccc(Cl)c(OC)c1. The third-order valence-electron chi connectivity index (χ3n) is 2.58. The van der Waals surface area contributed by atoms with Crippen molar-refractivity contribution in [2.24, 2.45) is 0 Å². The van der Waals surface area contributed by atoms with Gasteiger partial charge < -0.3 is 14.8 Å². The van der Waals surface area contributed by atoms with Crippen LogP contribution in [0.25, 0.3) is 0 Å². The highest BCUT2D eigenvalue weighted by atomic mass is 35.5. The van der Waals surface area contributed by atoms with E-state index in [1.807, 2.05) is 6.92 Å². The molecule has 1 rings (SSSR count). The van der Waals surface area contributed by atoms with Crippen molar-refractivity contribution < 1.29 is 22.6 Å². The van der Waals surface area contributed by atoms with Gasteiger partial charge in [0.05, 0.1) is 24.8 Å². The Hall–Kier alpha value is -0.980. The Bertz CT molecular complexity index is 427. The summed E-state index contributed by atoms with van der Waals surface area (Å²) in [6.45, 7) is 1.12. The summed E-state index contributed by atoms with van der Waals surface area (Å²) in [6, 6.07) is 4.71.